The topological polar surface area (TPSA) is 67.4 Å². The van der Waals surface area contributed by atoms with Crippen LogP contribution in [0.5, 0.6) is 5.75 Å². The van der Waals surface area contributed by atoms with E-state index in [4.69, 9.17) is 4.74 Å². The molecule has 0 atom stereocenters. The average Bonchev–Trinajstić information content (AvgIpc) is 2.62. The molecule has 132 valence electrons. The summed E-state index contributed by atoms with van der Waals surface area (Å²) >= 11 is 0. The summed E-state index contributed by atoms with van der Waals surface area (Å²) in [7, 11) is 1.55. The van der Waals surface area contributed by atoms with Crippen LogP contribution in [0.15, 0.2) is 48.5 Å². The van der Waals surface area contributed by atoms with Gasteiger partial charge in [0, 0.05) is 24.2 Å². The van der Waals surface area contributed by atoms with Crippen molar-refractivity contribution in [2.45, 2.75) is 26.2 Å². The van der Waals surface area contributed by atoms with E-state index in [9.17, 15) is 9.59 Å². The third-order valence-corrected chi connectivity index (χ3v) is 3.83. The molecular formula is C20H24N2O3. The summed E-state index contributed by atoms with van der Waals surface area (Å²) in [5.41, 5.74) is 2.42. The summed E-state index contributed by atoms with van der Waals surface area (Å²) in [6.45, 7) is 4.43. The standard InChI is InChI=1S/C20H24N2O3/c1-14(2)17-9-4-5-10-18(17)22-19(23)11-12-21-20(24)15-7-6-8-16(13-15)25-3/h4-10,13-14H,11-12H2,1-3H3,(H,21,24)(H,22,23). The first kappa shape index (κ1) is 18.5. The lowest BCUT2D eigenvalue weighted by molar-refractivity contribution is -0.116. The molecule has 2 aromatic carbocycles. The molecule has 0 unspecified atom stereocenters. The second-order valence-electron chi connectivity index (χ2n) is 6.03. The molecule has 2 rings (SSSR count). The molecule has 0 heterocycles. The summed E-state index contributed by atoms with van der Waals surface area (Å²) in [6, 6.07) is 14.6. The van der Waals surface area contributed by atoms with Gasteiger partial charge in [0.2, 0.25) is 5.91 Å². The Labute approximate surface area is 148 Å². The Morgan fingerprint density at radius 1 is 1.08 bits per heavy atom. The third kappa shape index (κ3) is 5.35. The largest absolute Gasteiger partial charge is 0.497 e. The lowest BCUT2D eigenvalue weighted by Crippen LogP contribution is -2.27. The maximum absolute atomic E-state index is 12.1. The number of nitrogens with one attached hydrogen (secondary N) is 2. The average molecular weight is 340 g/mol. The molecule has 0 saturated carbocycles. The van der Waals surface area contributed by atoms with Crippen LogP contribution in [-0.4, -0.2) is 25.5 Å². The lowest BCUT2D eigenvalue weighted by Gasteiger charge is -2.13. The van der Waals surface area contributed by atoms with Crippen molar-refractivity contribution in [2.75, 3.05) is 19.0 Å². The van der Waals surface area contributed by atoms with Crippen molar-refractivity contribution in [3.05, 3.63) is 59.7 Å². The Bertz CT molecular complexity index is 741. The summed E-state index contributed by atoms with van der Waals surface area (Å²) in [5.74, 6) is 0.591. The molecule has 0 spiro atoms. The lowest BCUT2D eigenvalue weighted by atomic mass is 10.0. The number of ether oxygens (including phenoxy) is 1. The van der Waals surface area contributed by atoms with Gasteiger partial charge < -0.3 is 15.4 Å². The predicted octanol–water partition coefficient (Wildman–Crippen LogP) is 3.58. The maximum Gasteiger partial charge on any atom is 0.251 e. The second-order valence-corrected chi connectivity index (χ2v) is 6.03. The summed E-state index contributed by atoms with van der Waals surface area (Å²) in [5, 5.41) is 5.66. The van der Waals surface area contributed by atoms with Gasteiger partial charge >= 0.3 is 0 Å². The normalized spacial score (nSPS) is 10.4. The molecule has 0 saturated heterocycles. The fourth-order valence-electron chi connectivity index (χ4n) is 2.48. The Morgan fingerprint density at radius 3 is 2.56 bits per heavy atom. The molecule has 0 aliphatic carbocycles. The van der Waals surface area contributed by atoms with E-state index in [1.807, 2.05) is 24.3 Å². The smallest absolute Gasteiger partial charge is 0.251 e. The van der Waals surface area contributed by atoms with Crippen LogP contribution in [-0.2, 0) is 4.79 Å². The highest BCUT2D eigenvalue weighted by Crippen LogP contribution is 2.23. The van der Waals surface area contributed by atoms with Gasteiger partial charge in [-0.15, -0.1) is 0 Å². The van der Waals surface area contributed by atoms with E-state index in [0.29, 0.717) is 17.2 Å². The Balaban J connectivity index is 1.85. The molecule has 5 nitrogen and oxygen atoms in total. The first-order chi connectivity index (χ1) is 12.0. The third-order valence-electron chi connectivity index (χ3n) is 3.83. The first-order valence-electron chi connectivity index (χ1n) is 8.32. The van der Waals surface area contributed by atoms with Crippen LogP contribution < -0.4 is 15.4 Å². The zero-order valence-corrected chi connectivity index (χ0v) is 14.8. The number of benzene rings is 2. The zero-order chi connectivity index (χ0) is 18.2. The number of hydrogen-bond donors (Lipinski definition) is 2. The van der Waals surface area contributed by atoms with Crippen LogP contribution in [0, 0.1) is 0 Å². The van der Waals surface area contributed by atoms with Crippen LogP contribution in [0.25, 0.3) is 0 Å². The highest BCUT2D eigenvalue weighted by atomic mass is 16.5. The number of anilines is 1. The van der Waals surface area contributed by atoms with E-state index in [2.05, 4.69) is 24.5 Å². The van der Waals surface area contributed by atoms with Gasteiger partial charge in [-0.25, -0.2) is 0 Å². The fraction of sp³-hybridized carbons (Fsp3) is 0.300. The molecule has 0 aliphatic heterocycles. The Morgan fingerprint density at radius 2 is 1.84 bits per heavy atom. The number of methoxy groups -OCH3 is 1. The van der Waals surface area contributed by atoms with E-state index < -0.39 is 0 Å². The van der Waals surface area contributed by atoms with Gasteiger partial charge in [-0.2, -0.15) is 0 Å². The molecule has 0 fully saturated rings. The molecule has 5 heteroatoms. The number of hydrogen-bond acceptors (Lipinski definition) is 3. The van der Waals surface area contributed by atoms with Crippen molar-refractivity contribution in [3.8, 4) is 5.75 Å². The molecular weight excluding hydrogens is 316 g/mol. The van der Waals surface area contributed by atoms with Crippen LogP contribution in [0.3, 0.4) is 0 Å². The minimum Gasteiger partial charge on any atom is -0.497 e. The van der Waals surface area contributed by atoms with E-state index in [0.717, 1.165) is 11.3 Å². The molecule has 0 aromatic heterocycles. The molecule has 2 N–H and O–H groups in total. The number of para-hydroxylation sites is 1. The molecule has 2 amide bonds. The van der Waals surface area contributed by atoms with Gasteiger partial charge in [0.15, 0.2) is 0 Å². The Kier molecular flexibility index (Phi) is 6.57. The number of carbonyl (C=O) groups excluding carboxylic acids is 2. The number of carbonyl (C=O) groups is 2. The zero-order valence-electron chi connectivity index (χ0n) is 14.8. The van der Waals surface area contributed by atoms with Crippen molar-refractivity contribution in [3.63, 3.8) is 0 Å². The minimum atomic E-state index is -0.228. The number of amides is 2. The summed E-state index contributed by atoms with van der Waals surface area (Å²) in [6.07, 6.45) is 0.210. The Hall–Kier alpha value is -2.82. The summed E-state index contributed by atoms with van der Waals surface area (Å²) < 4.78 is 5.10. The highest BCUT2D eigenvalue weighted by molar-refractivity contribution is 5.95. The van der Waals surface area contributed by atoms with Crippen molar-refractivity contribution in [2.24, 2.45) is 0 Å². The fourth-order valence-corrected chi connectivity index (χ4v) is 2.48. The molecule has 0 bridgehead atoms. The molecule has 25 heavy (non-hydrogen) atoms. The van der Waals surface area contributed by atoms with Gasteiger partial charge in [-0.1, -0.05) is 38.1 Å². The van der Waals surface area contributed by atoms with Gasteiger partial charge in [0.25, 0.3) is 5.91 Å². The van der Waals surface area contributed by atoms with Crippen LogP contribution in [0.2, 0.25) is 0 Å². The SMILES string of the molecule is COc1cccc(C(=O)NCCC(=O)Nc2ccccc2C(C)C)c1. The van der Waals surface area contributed by atoms with Crippen LogP contribution in [0.1, 0.15) is 42.1 Å². The number of rotatable bonds is 7. The van der Waals surface area contributed by atoms with Gasteiger partial charge in [-0.3, -0.25) is 9.59 Å². The van der Waals surface area contributed by atoms with Crippen molar-refractivity contribution < 1.29 is 14.3 Å². The first-order valence-corrected chi connectivity index (χ1v) is 8.32. The van der Waals surface area contributed by atoms with Gasteiger partial charge in [-0.05, 0) is 35.7 Å². The quantitative estimate of drug-likeness (QED) is 0.809. The predicted molar refractivity (Wildman–Crippen MR) is 99.1 cm³/mol. The summed E-state index contributed by atoms with van der Waals surface area (Å²) in [4.78, 5) is 24.2. The van der Waals surface area contributed by atoms with Crippen LogP contribution >= 0.6 is 0 Å². The molecule has 0 radical (unpaired) electrons. The van der Waals surface area contributed by atoms with Crippen molar-refractivity contribution in [1.82, 2.24) is 5.32 Å². The van der Waals surface area contributed by atoms with E-state index >= 15 is 0 Å². The molecule has 0 aliphatic rings. The van der Waals surface area contributed by atoms with Crippen molar-refractivity contribution >= 4 is 17.5 Å². The van der Waals surface area contributed by atoms with E-state index in [-0.39, 0.29) is 24.8 Å². The highest BCUT2D eigenvalue weighted by Gasteiger charge is 2.10. The second kappa shape index (κ2) is 8.87. The van der Waals surface area contributed by atoms with Crippen molar-refractivity contribution in [1.29, 1.82) is 0 Å². The maximum atomic E-state index is 12.1. The van der Waals surface area contributed by atoms with Crippen LogP contribution in [0.4, 0.5) is 5.69 Å². The van der Waals surface area contributed by atoms with E-state index in [1.54, 1.807) is 31.4 Å². The van der Waals surface area contributed by atoms with E-state index in [1.165, 1.54) is 0 Å². The van der Waals surface area contributed by atoms with Gasteiger partial charge in [0.1, 0.15) is 5.75 Å². The van der Waals surface area contributed by atoms with Gasteiger partial charge in [0.05, 0.1) is 7.11 Å². The minimum absolute atomic E-state index is 0.126. The molecule has 2 aromatic rings. The monoisotopic (exact) mass is 340 g/mol.